The molecule has 1 aromatic carbocycles. The highest BCUT2D eigenvalue weighted by Gasteiger charge is 2.09. The number of carbonyl (C=O) groups excluding carboxylic acids is 2. The molecule has 0 unspecified atom stereocenters. The Morgan fingerprint density at radius 3 is 2.22 bits per heavy atom. The maximum atomic E-state index is 11.8. The molecular formula is C16H19N3O2S2. The summed E-state index contributed by atoms with van der Waals surface area (Å²) in [6, 6.07) is 7.60. The van der Waals surface area contributed by atoms with Gasteiger partial charge < -0.3 is 10.6 Å². The first-order valence-corrected chi connectivity index (χ1v) is 9.09. The lowest BCUT2D eigenvalue weighted by atomic mass is 10.2. The Bertz CT molecular complexity index is 676. The van der Waals surface area contributed by atoms with Gasteiger partial charge in [0.2, 0.25) is 11.8 Å². The molecule has 2 rings (SSSR count). The summed E-state index contributed by atoms with van der Waals surface area (Å²) in [6.45, 7) is 5.87. The van der Waals surface area contributed by atoms with Crippen molar-refractivity contribution in [3.63, 3.8) is 0 Å². The number of hydrogen-bond donors (Lipinski definition) is 2. The minimum atomic E-state index is -0.146. The van der Waals surface area contributed by atoms with E-state index in [1.165, 1.54) is 23.1 Å². The molecule has 0 aliphatic carbocycles. The number of aryl methyl sites for hydroxylation is 3. The molecule has 7 heteroatoms. The molecule has 2 aromatic rings. The molecule has 0 radical (unpaired) electrons. The summed E-state index contributed by atoms with van der Waals surface area (Å²) in [6.07, 6.45) is 0. The summed E-state index contributed by atoms with van der Waals surface area (Å²) in [4.78, 5) is 29.0. The smallest absolute Gasteiger partial charge is 0.236 e. The maximum absolute atomic E-state index is 11.8. The minimum absolute atomic E-state index is 0.118. The number of benzene rings is 1. The molecule has 2 N–H and O–H groups in total. The first kappa shape index (κ1) is 17.5. The van der Waals surface area contributed by atoms with Crippen LogP contribution in [-0.2, 0) is 9.59 Å². The number of hydrogen-bond acceptors (Lipinski definition) is 5. The van der Waals surface area contributed by atoms with Gasteiger partial charge in [-0.25, -0.2) is 4.98 Å². The van der Waals surface area contributed by atoms with E-state index in [-0.39, 0.29) is 23.3 Å². The van der Waals surface area contributed by atoms with Crippen molar-refractivity contribution in [2.24, 2.45) is 0 Å². The summed E-state index contributed by atoms with van der Waals surface area (Å²) >= 11 is 2.73. The monoisotopic (exact) mass is 349 g/mol. The van der Waals surface area contributed by atoms with Crippen LogP contribution in [0.25, 0.3) is 0 Å². The second-order valence-electron chi connectivity index (χ2n) is 5.12. The molecule has 0 saturated heterocycles. The quantitative estimate of drug-likeness (QED) is 0.839. The number of thiazole rings is 1. The van der Waals surface area contributed by atoms with E-state index in [4.69, 9.17) is 0 Å². The first-order valence-electron chi connectivity index (χ1n) is 7.12. The molecule has 0 aliphatic rings. The van der Waals surface area contributed by atoms with Crippen molar-refractivity contribution in [1.29, 1.82) is 0 Å². The third-order valence-electron chi connectivity index (χ3n) is 3.08. The highest BCUT2D eigenvalue weighted by molar-refractivity contribution is 8.00. The van der Waals surface area contributed by atoms with E-state index in [9.17, 15) is 9.59 Å². The first-order chi connectivity index (χ1) is 10.9. The lowest BCUT2D eigenvalue weighted by Gasteiger charge is -2.05. The molecule has 5 nitrogen and oxygen atoms in total. The van der Waals surface area contributed by atoms with Gasteiger partial charge in [0.15, 0.2) is 5.13 Å². The van der Waals surface area contributed by atoms with E-state index in [2.05, 4.69) is 15.6 Å². The zero-order valence-corrected chi connectivity index (χ0v) is 14.9. The van der Waals surface area contributed by atoms with Crippen molar-refractivity contribution < 1.29 is 9.59 Å². The van der Waals surface area contributed by atoms with Gasteiger partial charge in [0, 0.05) is 10.6 Å². The van der Waals surface area contributed by atoms with E-state index < -0.39 is 0 Å². The topological polar surface area (TPSA) is 71.1 Å². The third-order valence-corrected chi connectivity index (χ3v) is 5.00. The van der Waals surface area contributed by atoms with Crippen LogP contribution in [0, 0.1) is 20.8 Å². The van der Waals surface area contributed by atoms with Crippen LogP contribution in [0.2, 0.25) is 0 Å². The summed E-state index contributed by atoms with van der Waals surface area (Å²) in [5, 5.41) is 6.16. The molecule has 0 aliphatic heterocycles. The molecule has 1 aromatic heterocycles. The van der Waals surface area contributed by atoms with Crippen LogP contribution in [0.1, 0.15) is 16.1 Å². The average molecular weight is 349 g/mol. The van der Waals surface area contributed by atoms with Crippen LogP contribution < -0.4 is 10.6 Å². The molecule has 0 saturated carbocycles. The second kappa shape index (κ2) is 8.12. The van der Waals surface area contributed by atoms with Crippen molar-refractivity contribution in [3.8, 4) is 0 Å². The summed E-state index contributed by atoms with van der Waals surface area (Å²) in [5.74, 6) is 0.190. The standard InChI is InChI=1S/C16H19N3O2S2/c1-10-4-6-13(7-5-10)18-14(20)8-22-9-15(21)19-16-17-11(2)12(3)23-16/h4-7H,8-9H2,1-3H3,(H,18,20)(H,17,19,21). The number of nitrogens with one attached hydrogen (secondary N) is 2. The molecule has 122 valence electrons. The van der Waals surface area contributed by atoms with Gasteiger partial charge in [0.1, 0.15) is 0 Å². The highest BCUT2D eigenvalue weighted by Crippen LogP contribution is 2.21. The highest BCUT2D eigenvalue weighted by atomic mass is 32.2. The zero-order valence-electron chi connectivity index (χ0n) is 13.3. The fourth-order valence-corrected chi connectivity index (χ4v) is 3.20. The summed E-state index contributed by atoms with van der Waals surface area (Å²) < 4.78 is 0. The van der Waals surface area contributed by atoms with Gasteiger partial charge in [-0.15, -0.1) is 23.1 Å². The number of anilines is 2. The largest absolute Gasteiger partial charge is 0.325 e. The number of thioether (sulfide) groups is 1. The molecule has 0 spiro atoms. The van der Waals surface area contributed by atoms with Crippen molar-refractivity contribution in [2.75, 3.05) is 22.1 Å². The van der Waals surface area contributed by atoms with E-state index in [0.29, 0.717) is 5.13 Å². The fraction of sp³-hybridized carbons (Fsp3) is 0.312. The van der Waals surface area contributed by atoms with Crippen LogP contribution >= 0.6 is 23.1 Å². The molecule has 23 heavy (non-hydrogen) atoms. The molecule has 0 atom stereocenters. The average Bonchev–Trinajstić information content (AvgIpc) is 2.79. The number of rotatable bonds is 6. The van der Waals surface area contributed by atoms with Crippen LogP contribution in [0.15, 0.2) is 24.3 Å². The van der Waals surface area contributed by atoms with Crippen LogP contribution in [0.4, 0.5) is 10.8 Å². The van der Waals surface area contributed by atoms with E-state index in [1.54, 1.807) is 0 Å². The Morgan fingerprint density at radius 1 is 1.04 bits per heavy atom. The van der Waals surface area contributed by atoms with Crippen molar-refractivity contribution in [1.82, 2.24) is 4.98 Å². The van der Waals surface area contributed by atoms with E-state index in [0.717, 1.165) is 21.8 Å². The van der Waals surface area contributed by atoms with Crippen molar-refractivity contribution >= 4 is 45.7 Å². The number of aromatic nitrogens is 1. The fourth-order valence-electron chi connectivity index (χ4n) is 1.75. The lowest BCUT2D eigenvalue weighted by molar-refractivity contribution is -0.114. The molecule has 0 bridgehead atoms. The molecular weight excluding hydrogens is 330 g/mol. The van der Waals surface area contributed by atoms with Gasteiger partial charge in [0.05, 0.1) is 17.2 Å². The van der Waals surface area contributed by atoms with E-state index in [1.807, 2.05) is 45.0 Å². The van der Waals surface area contributed by atoms with Crippen molar-refractivity contribution in [2.45, 2.75) is 20.8 Å². The predicted molar refractivity (Wildman–Crippen MR) is 97.4 cm³/mol. The van der Waals surface area contributed by atoms with Gasteiger partial charge in [0.25, 0.3) is 0 Å². The number of carbonyl (C=O) groups is 2. The zero-order chi connectivity index (χ0) is 16.8. The molecule has 2 amide bonds. The SMILES string of the molecule is Cc1ccc(NC(=O)CSCC(=O)Nc2nc(C)c(C)s2)cc1. The third kappa shape index (κ3) is 5.69. The molecule has 1 heterocycles. The van der Waals surface area contributed by atoms with Crippen LogP contribution in [0.5, 0.6) is 0 Å². The van der Waals surface area contributed by atoms with Gasteiger partial charge in [-0.1, -0.05) is 17.7 Å². The Balaban J connectivity index is 1.70. The summed E-state index contributed by atoms with van der Waals surface area (Å²) in [7, 11) is 0. The minimum Gasteiger partial charge on any atom is -0.325 e. The van der Waals surface area contributed by atoms with Gasteiger partial charge in [-0.2, -0.15) is 0 Å². The van der Waals surface area contributed by atoms with E-state index >= 15 is 0 Å². The predicted octanol–water partition coefficient (Wildman–Crippen LogP) is 3.38. The van der Waals surface area contributed by atoms with Crippen molar-refractivity contribution in [3.05, 3.63) is 40.4 Å². The van der Waals surface area contributed by atoms with Gasteiger partial charge in [-0.3, -0.25) is 9.59 Å². The normalized spacial score (nSPS) is 10.4. The Labute approximate surface area is 143 Å². The van der Waals surface area contributed by atoms with Crippen LogP contribution in [0.3, 0.4) is 0 Å². The van der Waals surface area contributed by atoms with Gasteiger partial charge >= 0.3 is 0 Å². The lowest BCUT2D eigenvalue weighted by Crippen LogP contribution is -2.18. The molecule has 0 fully saturated rings. The number of amides is 2. The number of nitrogens with zero attached hydrogens (tertiary/aromatic N) is 1. The Hall–Kier alpha value is -1.86. The Kier molecular flexibility index (Phi) is 6.18. The van der Waals surface area contributed by atoms with Crippen LogP contribution in [-0.4, -0.2) is 28.3 Å². The second-order valence-corrected chi connectivity index (χ2v) is 7.30. The van der Waals surface area contributed by atoms with Gasteiger partial charge in [-0.05, 0) is 32.9 Å². The Morgan fingerprint density at radius 2 is 1.65 bits per heavy atom. The summed E-state index contributed by atoms with van der Waals surface area (Å²) in [5.41, 5.74) is 2.83. The maximum Gasteiger partial charge on any atom is 0.236 e.